The van der Waals surface area contributed by atoms with Crippen molar-refractivity contribution in [3.63, 3.8) is 0 Å². The molecule has 0 spiro atoms. The number of rotatable bonds is 6. The number of hydrogen-bond donors (Lipinski definition) is 2. The predicted molar refractivity (Wildman–Crippen MR) is 75.3 cm³/mol. The van der Waals surface area contributed by atoms with Crippen LogP contribution in [0.25, 0.3) is 0 Å². The van der Waals surface area contributed by atoms with Gasteiger partial charge in [0.2, 0.25) is 5.91 Å². The lowest BCUT2D eigenvalue weighted by Crippen LogP contribution is -2.42. The van der Waals surface area contributed by atoms with E-state index < -0.39 is 0 Å². The Balaban J connectivity index is 2.34. The fourth-order valence-electron chi connectivity index (χ4n) is 1.53. The maximum Gasteiger partial charge on any atom is 0.236 e. The SMILES string of the molecule is Cc1ccc(CNC(C)C(=O)NCC(C)C)cc1. The third-order valence-corrected chi connectivity index (χ3v) is 2.81. The third kappa shape index (κ3) is 5.32. The lowest BCUT2D eigenvalue weighted by atomic mass is 10.1. The van der Waals surface area contributed by atoms with E-state index in [4.69, 9.17) is 0 Å². The van der Waals surface area contributed by atoms with Gasteiger partial charge in [0.15, 0.2) is 0 Å². The van der Waals surface area contributed by atoms with E-state index in [1.165, 1.54) is 11.1 Å². The smallest absolute Gasteiger partial charge is 0.236 e. The first-order chi connectivity index (χ1) is 8.49. The maximum absolute atomic E-state index is 11.7. The number of nitrogens with one attached hydrogen (secondary N) is 2. The van der Waals surface area contributed by atoms with Crippen LogP contribution in [-0.4, -0.2) is 18.5 Å². The zero-order valence-electron chi connectivity index (χ0n) is 11.8. The molecule has 1 aromatic carbocycles. The van der Waals surface area contributed by atoms with Gasteiger partial charge in [0.05, 0.1) is 6.04 Å². The van der Waals surface area contributed by atoms with E-state index in [-0.39, 0.29) is 11.9 Å². The molecule has 0 aliphatic heterocycles. The predicted octanol–water partition coefficient (Wildman–Crippen LogP) is 2.25. The summed E-state index contributed by atoms with van der Waals surface area (Å²) in [4.78, 5) is 11.7. The number of aryl methyl sites for hydroxylation is 1. The maximum atomic E-state index is 11.7. The standard InChI is InChI=1S/C15H24N2O/c1-11(2)9-17-15(18)13(4)16-10-14-7-5-12(3)6-8-14/h5-8,11,13,16H,9-10H2,1-4H3,(H,17,18). The van der Waals surface area contributed by atoms with Crippen molar-refractivity contribution in [3.8, 4) is 0 Å². The first kappa shape index (κ1) is 14.7. The minimum atomic E-state index is -0.162. The van der Waals surface area contributed by atoms with Gasteiger partial charge in [0, 0.05) is 13.1 Å². The Labute approximate surface area is 110 Å². The van der Waals surface area contributed by atoms with Crippen molar-refractivity contribution in [3.05, 3.63) is 35.4 Å². The van der Waals surface area contributed by atoms with Gasteiger partial charge in [-0.15, -0.1) is 0 Å². The summed E-state index contributed by atoms with van der Waals surface area (Å²) in [5.74, 6) is 0.550. The van der Waals surface area contributed by atoms with Crippen LogP contribution in [0, 0.1) is 12.8 Å². The van der Waals surface area contributed by atoms with Crippen molar-refractivity contribution in [1.82, 2.24) is 10.6 Å². The molecule has 1 rings (SSSR count). The first-order valence-electron chi connectivity index (χ1n) is 6.55. The molecule has 2 N–H and O–H groups in total. The van der Waals surface area contributed by atoms with Gasteiger partial charge in [-0.2, -0.15) is 0 Å². The van der Waals surface area contributed by atoms with E-state index in [0.717, 1.165) is 13.1 Å². The van der Waals surface area contributed by atoms with Gasteiger partial charge in [0.25, 0.3) is 0 Å². The second kappa shape index (κ2) is 7.17. The van der Waals surface area contributed by atoms with Crippen molar-refractivity contribution in [2.24, 2.45) is 5.92 Å². The lowest BCUT2D eigenvalue weighted by Gasteiger charge is -2.15. The minimum Gasteiger partial charge on any atom is -0.354 e. The van der Waals surface area contributed by atoms with Crippen LogP contribution in [0.3, 0.4) is 0 Å². The quantitative estimate of drug-likeness (QED) is 0.810. The number of benzene rings is 1. The molecule has 0 saturated heterocycles. The van der Waals surface area contributed by atoms with Gasteiger partial charge in [-0.05, 0) is 25.3 Å². The Morgan fingerprint density at radius 2 is 1.78 bits per heavy atom. The van der Waals surface area contributed by atoms with Crippen LogP contribution in [-0.2, 0) is 11.3 Å². The molecular formula is C15H24N2O. The van der Waals surface area contributed by atoms with Crippen molar-refractivity contribution < 1.29 is 4.79 Å². The average Bonchev–Trinajstić information content (AvgIpc) is 2.34. The summed E-state index contributed by atoms with van der Waals surface area (Å²) >= 11 is 0. The Morgan fingerprint density at radius 1 is 1.17 bits per heavy atom. The fraction of sp³-hybridized carbons (Fsp3) is 0.533. The molecule has 1 aromatic rings. The summed E-state index contributed by atoms with van der Waals surface area (Å²) in [5.41, 5.74) is 2.45. The Hall–Kier alpha value is -1.35. The van der Waals surface area contributed by atoms with Crippen molar-refractivity contribution in [2.75, 3.05) is 6.54 Å². The second-order valence-electron chi connectivity index (χ2n) is 5.23. The molecule has 1 amide bonds. The summed E-state index contributed by atoms with van der Waals surface area (Å²) in [6, 6.07) is 8.17. The van der Waals surface area contributed by atoms with Crippen LogP contribution in [0.15, 0.2) is 24.3 Å². The number of carbonyl (C=O) groups is 1. The van der Waals surface area contributed by atoms with Gasteiger partial charge < -0.3 is 10.6 Å². The molecule has 1 unspecified atom stereocenters. The number of hydrogen-bond acceptors (Lipinski definition) is 2. The molecule has 0 radical (unpaired) electrons. The fourth-order valence-corrected chi connectivity index (χ4v) is 1.53. The molecule has 3 nitrogen and oxygen atoms in total. The molecule has 18 heavy (non-hydrogen) atoms. The average molecular weight is 248 g/mol. The number of amides is 1. The molecule has 1 atom stereocenters. The van der Waals surface area contributed by atoms with E-state index in [9.17, 15) is 4.79 Å². The van der Waals surface area contributed by atoms with E-state index in [2.05, 4.69) is 55.7 Å². The second-order valence-corrected chi connectivity index (χ2v) is 5.23. The van der Waals surface area contributed by atoms with Gasteiger partial charge in [-0.1, -0.05) is 43.7 Å². The topological polar surface area (TPSA) is 41.1 Å². The zero-order chi connectivity index (χ0) is 13.5. The summed E-state index contributed by atoms with van der Waals surface area (Å²) in [6.07, 6.45) is 0. The van der Waals surface area contributed by atoms with Crippen LogP contribution in [0.2, 0.25) is 0 Å². The lowest BCUT2D eigenvalue weighted by molar-refractivity contribution is -0.122. The van der Waals surface area contributed by atoms with Crippen molar-refractivity contribution >= 4 is 5.91 Å². The molecule has 0 aliphatic carbocycles. The van der Waals surface area contributed by atoms with E-state index >= 15 is 0 Å². The molecule has 100 valence electrons. The van der Waals surface area contributed by atoms with Gasteiger partial charge in [0.1, 0.15) is 0 Å². The molecule has 0 aromatic heterocycles. The van der Waals surface area contributed by atoms with Crippen LogP contribution in [0.1, 0.15) is 31.9 Å². The monoisotopic (exact) mass is 248 g/mol. The van der Waals surface area contributed by atoms with Crippen LogP contribution in [0.4, 0.5) is 0 Å². The first-order valence-corrected chi connectivity index (χ1v) is 6.55. The molecule has 0 saturated carbocycles. The van der Waals surface area contributed by atoms with Gasteiger partial charge in [-0.25, -0.2) is 0 Å². The highest BCUT2D eigenvalue weighted by molar-refractivity contribution is 5.81. The molecular weight excluding hydrogens is 224 g/mol. The van der Waals surface area contributed by atoms with Gasteiger partial charge in [-0.3, -0.25) is 4.79 Å². The highest BCUT2D eigenvalue weighted by Crippen LogP contribution is 2.02. The molecule has 0 fully saturated rings. The zero-order valence-corrected chi connectivity index (χ0v) is 11.8. The summed E-state index contributed by atoms with van der Waals surface area (Å²) in [6.45, 7) is 9.59. The normalized spacial score (nSPS) is 12.5. The Morgan fingerprint density at radius 3 is 2.33 bits per heavy atom. The van der Waals surface area contributed by atoms with Crippen LogP contribution < -0.4 is 10.6 Å². The molecule has 0 heterocycles. The highest BCUT2D eigenvalue weighted by Gasteiger charge is 2.11. The summed E-state index contributed by atoms with van der Waals surface area (Å²) < 4.78 is 0. The van der Waals surface area contributed by atoms with E-state index in [1.54, 1.807) is 0 Å². The largest absolute Gasteiger partial charge is 0.354 e. The van der Waals surface area contributed by atoms with Gasteiger partial charge >= 0.3 is 0 Å². The third-order valence-electron chi connectivity index (χ3n) is 2.81. The van der Waals surface area contributed by atoms with E-state index in [0.29, 0.717) is 5.92 Å². The Kier molecular flexibility index (Phi) is 5.86. The molecule has 3 heteroatoms. The molecule has 0 bridgehead atoms. The number of carbonyl (C=O) groups excluding carboxylic acids is 1. The highest BCUT2D eigenvalue weighted by atomic mass is 16.2. The van der Waals surface area contributed by atoms with Crippen LogP contribution in [0.5, 0.6) is 0 Å². The minimum absolute atomic E-state index is 0.0656. The summed E-state index contributed by atoms with van der Waals surface area (Å²) in [7, 11) is 0. The Bertz CT molecular complexity index is 371. The van der Waals surface area contributed by atoms with Crippen LogP contribution >= 0.6 is 0 Å². The summed E-state index contributed by atoms with van der Waals surface area (Å²) in [5, 5.41) is 6.16. The van der Waals surface area contributed by atoms with Crippen molar-refractivity contribution in [1.29, 1.82) is 0 Å². The van der Waals surface area contributed by atoms with E-state index in [1.807, 2.05) is 6.92 Å². The van der Waals surface area contributed by atoms with Crippen molar-refractivity contribution in [2.45, 2.75) is 40.3 Å². The molecule has 0 aliphatic rings.